The summed E-state index contributed by atoms with van der Waals surface area (Å²) in [6, 6.07) is 15.3. The predicted molar refractivity (Wildman–Crippen MR) is 92.9 cm³/mol. The smallest absolute Gasteiger partial charge is 0.292 e. The highest BCUT2D eigenvalue weighted by Crippen LogP contribution is 2.22. The number of carbonyl (C=O) groups is 1. The van der Waals surface area contributed by atoms with Gasteiger partial charge in [-0.15, -0.1) is 0 Å². The van der Waals surface area contributed by atoms with Gasteiger partial charge in [0.05, 0.1) is 4.92 Å². The molecule has 0 saturated carbocycles. The third kappa shape index (κ3) is 5.01. The summed E-state index contributed by atoms with van der Waals surface area (Å²) in [7, 11) is 0. The van der Waals surface area contributed by atoms with Crippen molar-refractivity contribution in [3.63, 3.8) is 0 Å². The number of para-hydroxylation sites is 2. The fourth-order valence-corrected chi connectivity index (χ4v) is 1.99. The Kier molecular flexibility index (Phi) is 5.54. The van der Waals surface area contributed by atoms with Crippen LogP contribution in [0.25, 0.3) is 6.08 Å². The molecule has 2 rings (SSSR count). The van der Waals surface area contributed by atoms with E-state index in [1.165, 1.54) is 18.2 Å². The van der Waals surface area contributed by atoms with Crippen LogP contribution in [0.15, 0.2) is 60.7 Å². The molecular weight excluding hydrogens is 314 g/mol. The Balaban J connectivity index is 1.96. The Morgan fingerprint density at radius 1 is 1.09 bits per heavy atom. The van der Waals surface area contributed by atoms with E-state index in [4.69, 9.17) is 12.2 Å². The molecule has 6 nitrogen and oxygen atoms in total. The normalized spacial score (nSPS) is 10.3. The molecule has 0 bridgehead atoms. The van der Waals surface area contributed by atoms with Crippen molar-refractivity contribution in [1.82, 2.24) is 5.32 Å². The number of nitro groups is 1. The number of benzene rings is 2. The molecule has 0 fully saturated rings. The summed E-state index contributed by atoms with van der Waals surface area (Å²) < 4.78 is 0. The molecular formula is C16H13N3O3S. The van der Waals surface area contributed by atoms with Gasteiger partial charge in [0.1, 0.15) is 5.69 Å². The number of nitrogens with zero attached hydrogens (tertiary/aromatic N) is 1. The Hall–Kier alpha value is -3.06. The molecule has 0 saturated heterocycles. The standard InChI is InChI=1S/C16H13N3O3S/c20-15(11-10-12-6-2-1-3-7-12)18-16(23)17-13-8-4-5-9-14(13)19(21)22/h1-11H,(H2,17,18,20,23). The SMILES string of the molecule is O=C(C=Cc1ccccc1)NC(=S)Nc1ccccc1[N+](=O)[O-]. The minimum atomic E-state index is -0.526. The van der Waals surface area contributed by atoms with Crippen LogP contribution in [-0.2, 0) is 4.79 Å². The number of rotatable bonds is 4. The molecule has 1 amide bonds. The summed E-state index contributed by atoms with van der Waals surface area (Å²) in [5, 5.41) is 16.0. The first-order valence-corrected chi connectivity index (χ1v) is 7.05. The number of thiocarbonyl (C=S) groups is 1. The van der Waals surface area contributed by atoms with Gasteiger partial charge in [0.15, 0.2) is 5.11 Å². The molecule has 0 spiro atoms. The zero-order valence-corrected chi connectivity index (χ0v) is 12.7. The number of carbonyl (C=O) groups excluding carboxylic acids is 1. The molecule has 2 N–H and O–H groups in total. The Morgan fingerprint density at radius 2 is 1.74 bits per heavy atom. The highest BCUT2D eigenvalue weighted by molar-refractivity contribution is 7.80. The minimum absolute atomic E-state index is 0.0120. The number of hydrogen-bond donors (Lipinski definition) is 2. The second-order valence-electron chi connectivity index (χ2n) is 4.46. The molecule has 0 aliphatic carbocycles. The van der Waals surface area contributed by atoms with E-state index in [1.54, 1.807) is 18.2 Å². The van der Waals surface area contributed by atoms with Gasteiger partial charge in [-0.1, -0.05) is 42.5 Å². The number of hydrogen-bond acceptors (Lipinski definition) is 4. The van der Waals surface area contributed by atoms with Crippen molar-refractivity contribution in [2.75, 3.05) is 5.32 Å². The van der Waals surface area contributed by atoms with Crippen LogP contribution in [0.4, 0.5) is 11.4 Å². The fourth-order valence-electron chi connectivity index (χ4n) is 1.78. The summed E-state index contributed by atoms with van der Waals surface area (Å²) in [5.74, 6) is -0.426. The maximum Gasteiger partial charge on any atom is 0.292 e. The summed E-state index contributed by atoms with van der Waals surface area (Å²) >= 11 is 4.99. The average Bonchev–Trinajstić information content (AvgIpc) is 2.54. The molecule has 0 aliphatic rings. The first-order valence-electron chi connectivity index (χ1n) is 6.65. The van der Waals surface area contributed by atoms with E-state index < -0.39 is 10.8 Å². The fraction of sp³-hybridized carbons (Fsp3) is 0. The van der Waals surface area contributed by atoms with Gasteiger partial charge in [-0.3, -0.25) is 20.2 Å². The summed E-state index contributed by atoms with van der Waals surface area (Å²) in [6.45, 7) is 0. The lowest BCUT2D eigenvalue weighted by Crippen LogP contribution is -2.33. The number of nitro benzene ring substituents is 1. The van der Waals surface area contributed by atoms with E-state index in [0.29, 0.717) is 0 Å². The lowest BCUT2D eigenvalue weighted by atomic mass is 10.2. The zero-order valence-electron chi connectivity index (χ0n) is 11.9. The molecule has 2 aromatic rings. The number of anilines is 1. The second-order valence-corrected chi connectivity index (χ2v) is 4.87. The average molecular weight is 327 g/mol. The van der Waals surface area contributed by atoms with Crippen LogP contribution in [0.3, 0.4) is 0 Å². The van der Waals surface area contributed by atoms with Crippen LogP contribution >= 0.6 is 12.2 Å². The van der Waals surface area contributed by atoms with E-state index in [0.717, 1.165) is 5.56 Å². The Bertz CT molecular complexity index is 760. The van der Waals surface area contributed by atoms with Crippen molar-refractivity contribution < 1.29 is 9.72 Å². The van der Waals surface area contributed by atoms with Gasteiger partial charge < -0.3 is 5.32 Å². The van der Waals surface area contributed by atoms with Gasteiger partial charge in [-0.25, -0.2) is 0 Å². The number of nitrogens with one attached hydrogen (secondary N) is 2. The first-order chi connectivity index (χ1) is 11.1. The van der Waals surface area contributed by atoms with Crippen LogP contribution < -0.4 is 10.6 Å². The predicted octanol–water partition coefficient (Wildman–Crippen LogP) is 3.12. The van der Waals surface area contributed by atoms with E-state index >= 15 is 0 Å². The monoisotopic (exact) mass is 327 g/mol. The largest absolute Gasteiger partial charge is 0.327 e. The van der Waals surface area contributed by atoms with Gasteiger partial charge in [0, 0.05) is 12.1 Å². The lowest BCUT2D eigenvalue weighted by molar-refractivity contribution is -0.383. The van der Waals surface area contributed by atoms with Crippen LogP contribution in [0.5, 0.6) is 0 Å². The van der Waals surface area contributed by atoms with Gasteiger partial charge in [-0.05, 0) is 29.9 Å². The van der Waals surface area contributed by atoms with Crippen molar-refractivity contribution in [2.45, 2.75) is 0 Å². The third-order valence-corrected chi connectivity index (χ3v) is 3.02. The van der Waals surface area contributed by atoms with Crippen molar-refractivity contribution in [1.29, 1.82) is 0 Å². The Morgan fingerprint density at radius 3 is 2.43 bits per heavy atom. The molecule has 7 heteroatoms. The first kappa shape index (κ1) is 16.3. The molecule has 2 aromatic carbocycles. The molecule has 0 aliphatic heterocycles. The van der Waals surface area contributed by atoms with Gasteiger partial charge in [-0.2, -0.15) is 0 Å². The summed E-state index contributed by atoms with van der Waals surface area (Å²) in [6.07, 6.45) is 2.98. The van der Waals surface area contributed by atoms with Gasteiger partial charge >= 0.3 is 0 Å². The highest BCUT2D eigenvalue weighted by Gasteiger charge is 2.13. The van der Waals surface area contributed by atoms with Gasteiger partial charge in [0.25, 0.3) is 5.69 Å². The van der Waals surface area contributed by atoms with E-state index in [1.807, 2.05) is 30.3 Å². The van der Waals surface area contributed by atoms with E-state index in [9.17, 15) is 14.9 Å². The molecule has 0 heterocycles. The molecule has 0 aromatic heterocycles. The molecule has 23 heavy (non-hydrogen) atoms. The molecule has 0 radical (unpaired) electrons. The van der Waals surface area contributed by atoms with Crippen molar-refractivity contribution >= 4 is 40.7 Å². The Labute approximate surface area is 138 Å². The minimum Gasteiger partial charge on any atom is -0.327 e. The van der Waals surface area contributed by atoms with E-state index in [2.05, 4.69) is 10.6 Å². The summed E-state index contributed by atoms with van der Waals surface area (Å²) in [4.78, 5) is 22.2. The lowest BCUT2D eigenvalue weighted by Gasteiger charge is -2.08. The second kappa shape index (κ2) is 7.81. The van der Waals surface area contributed by atoms with E-state index in [-0.39, 0.29) is 16.5 Å². The van der Waals surface area contributed by atoms with Crippen molar-refractivity contribution in [3.8, 4) is 0 Å². The maximum atomic E-state index is 11.8. The molecule has 0 atom stereocenters. The van der Waals surface area contributed by atoms with Crippen LogP contribution in [-0.4, -0.2) is 15.9 Å². The maximum absolute atomic E-state index is 11.8. The number of amides is 1. The highest BCUT2D eigenvalue weighted by atomic mass is 32.1. The van der Waals surface area contributed by atoms with Crippen LogP contribution in [0.2, 0.25) is 0 Å². The molecule has 0 unspecified atom stereocenters. The van der Waals surface area contributed by atoms with Gasteiger partial charge in [0.2, 0.25) is 5.91 Å². The molecule has 116 valence electrons. The van der Waals surface area contributed by atoms with Crippen molar-refractivity contribution in [2.24, 2.45) is 0 Å². The quantitative estimate of drug-likeness (QED) is 0.390. The topological polar surface area (TPSA) is 84.3 Å². The van der Waals surface area contributed by atoms with Crippen LogP contribution in [0, 0.1) is 10.1 Å². The van der Waals surface area contributed by atoms with Crippen LogP contribution in [0.1, 0.15) is 5.56 Å². The van der Waals surface area contributed by atoms with Crippen molar-refractivity contribution in [3.05, 3.63) is 76.4 Å². The third-order valence-electron chi connectivity index (χ3n) is 2.81. The zero-order chi connectivity index (χ0) is 16.7. The summed E-state index contributed by atoms with van der Waals surface area (Å²) in [5.41, 5.74) is 0.971.